The van der Waals surface area contributed by atoms with Crippen molar-refractivity contribution in [1.82, 2.24) is 9.55 Å². The zero-order valence-corrected chi connectivity index (χ0v) is 11.9. The number of H-pyrrole nitrogens is 1. The van der Waals surface area contributed by atoms with Crippen molar-refractivity contribution >= 4 is 5.97 Å². The Bertz CT molecular complexity index is 581. The van der Waals surface area contributed by atoms with Crippen LogP contribution in [0.15, 0.2) is 21.9 Å². The first kappa shape index (κ1) is 18.0. The molecule has 10 nitrogen and oxygen atoms in total. The van der Waals surface area contributed by atoms with E-state index in [9.17, 15) is 19.5 Å². The molecule has 124 valence electrons. The summed E-state index contributed by atoms with van der Waals surface area (Å²) in [6.45, 7) is -0.150. The largest absolute Gasteiger partial charge is 0.439 e. The predicted molar refractivity (Wildman–Crippen MR) is 71.9 cm³/mol. The van der Waals surface area contributed by atoms with Gasteiger partial charge in [0.1, 0.15) is 18.9 Å². The standard InChI is InChI=1S/C12H18N2O8/c1-8(16)22-7-20-5-9(17)10(4-15)21-6-14-3-2-11(18)13-12(14)19/h2-3,9-10,15,17H,4-7H2,1H3,(H,13,18,19)/t9-,10-/m1/s1. The number of nitrogens with zero attached hydrogens (tertiary/aromatic N) is 1. The number of carbonyl (C=O) groups is 1. The molecule has 0 aliphatic carbocycles. The Hall–Kier alpha value is -2.01. The molecule has 1 aromatic heterocycles. The number of hydrogen-bond donors (Lipinski definition) is 3. The molecule has 2 atom stereocenters. The number of hydrogen-bond acceptors (Lipinski definition) is 8. The fraction of sp³-hybridized carbons (Fsp3) is 0.583. The summed E-state index contributed by atoms with van der Waals surface area (Å²) >= 11 is 0. The lowest BCUT2D eigenvalue weighted by Crippen LogP contribution is -2.38. The maximum absolute atomic E-state index is 11.4. The molecule has 0 amide bonds. The van der Waals surface area contributed by atoms with E-state index in [-0.39, 0.29) is 20.1 Å². The molecule has 0 bridgehead atoms. The van der Waals surface area contributed by atoms with Crippen molar-refractivity contribution in [3.63, 3.8) is 0 Å². The van der Waals surface area contributed by atoms with E-state index < -0.39 is 36.0 Å². The van der Waals surface area contributed by atoms with Gasteiger partial charge in [-0.2, -0.15) is 0 Å². The normalized spacial score (nSPS) is 13.6. The van der Waals surface area contributed by atoms with Crippen LogP contribution in [0.1, 0.15) is 6.92 Å². The third-order valence-corrected chi connectivity index (χ3v) is 2.57. The molecule has 1 rings (SSSR count). The summed E-state index contributed by atoms with van der Waals surface area (Å²) in [6, 6.07) is 1.14. The molecule has 0 saturated heterocycles. The van der Waals surface area contributed by atoms with Crippen LogP contribution in [0.3, 0.4) is 0 Å². The van der Waals surface area contributed by atoms with Gasteiger partial charge in [-0.1, -0.05) is 0 Å². The van der Waals surface area contributed by atoms with E-state index in [0.717, 1.165) is 10.6 Å². The van der Waals surface area contributed by atoms with Gasteiger partial charge in [-0.15, -0.1) is 0 Å². The predicted octanol–water partition coefficient (Wildman–Crippen LogP) is -2.23. The second-order valence-electron chi connectivity index (χ2n) is 4.29. The summed E-state index contributed by atoms with van der Waals surface area (Å²) in [4.78, 5) is 34.9. The first-order chi connectivity index (χ1) is 10.4. The molecule has 10 heteroatoms. The first-order valence-corrected chi connectivity index (χ1v) is 6.35. The molecule has 0 aliphatic heterocycles. The number of ether oxygens (including phenoxy) is 3. The number of nitrogens with one attached hydrogen (secondary N) is 1. The lowest BCUT2D eigenvalue weighted by Gasteiger charge is -2.21. The van der Waals surface area contributed by atoms with Crippen molar-refractivity contribution in [2.24, 2.45) is 0 Å². The van der Waals surface area contributed by atoms with Crippen molar-refractivity contribution in [3.8, 4) is 0 Å². The van der Waals surface area contributed by atoms with Crippen LogP contribution in [-0.2, 0) is 25.7 Å². The number of rotatable bonds is 9. The van der Waals surface area contributed by atoms with Crippen molar-refractivity contribution in [2.45, 2.75) is 25.9 Å². The van der Waals surface area contributed by atoms with Gasteiger partial charge in [-0.05, 0) is 0 Å². The zero-order chi connectivity index (χ0) is 16.5. The van der Waals surface area contributed by atoms with E-state index in [1.165, 1.54) is 13.1 Å². The molecule has 3 N–H and O–H groups in total. The molecule has 22 heavy (non-hydrogen) atoms. The van der Waals surface area contributed by atoms with E-state index in [1.54, 1.807) is 0 Å². The van der Waals surface area contributed by atoms with Crippen LogP contribution in [0.5, 0.6) is 0 Å². The highest BCUT2D eigenvalue weighted by Gasteiger charge is 2.20. The number of aliphatic hydroxyl groups excluding tert-OH is 2. The fourth-order valence-corrected chi connectivity index (χ4v) is 1.41. The lowest BCUT2D eigenvalue weighted by molar-refractivity contribution is -0.161. The molecule has 0 unspecified atom stereocenters. The molecule has 1 heterocycles. The van der Waals surface area contributed by atoms with Gasteiger partial charge < -0.3 is 24.4 Å². The van der Waals surface area contributed by atoms with Gasteiger partial charge in [0, 0.05) is 19.2 Å². The van der Waals surface area contributed by atoms with E-state index >= 15 is 0 Å². The minimum atomic E-state index is -1.20. The first-order valence-electron chi connectivity index (χ1n) is 6.35. The van der Waals surface area contributed by atoms with Crippen molar-refractivity contribution in [1.29, 1.82) is 0 Å². The molecule has 0 spiro atoms. The summed E-state index contributed by atoms with van der Waals surface area (Å²) in [6.07, 6.45) is -0.991. The minimum Gasteiger partial charge on any atom is -0.439 e. The molecule has 0 fully saturated rings. The second-order valence-corrected chi connectivity index (χ2v) is 4.29. The van der Waals surface area contributed by atoms with Gasteiger partial charge in [0.2, 0.25) is 0 Å². The summed E-state index contributed by atoms with van der Waals surface area (Å²) in [5.41, 5.74) is -1.22. The topological polar surface area (TPSA) is 140 Å². The summed E-state index contributed by atoms with van der Waals surface area (Å²) in [5, 5.41) is 18.9. The quantitative estimate of drug-likeness (QED) is 0.264. The number of aromatic nitrogens is 2. The van der Waals surface area contributed by atoms with Crippen LogP contribution < -0.4 is 11.2 Å². The Balaban J connectivity index is 2.45. The fourth-order valence-electron chi connectivity index (χ4n) is 1.41. The highest BCUT2D eigenvalue weighted by Crippen LogP contribution is 2.01. The Labute approximate surface area is 124 Å². The monoisotopic (exact) mass is 318 g/mol. The average molecular weight is 318 g/mol. The smallest absolute Gasteiger partial charge is 0.330 e. The molecule has 0 radical (unpaired) electrons. The Kier molecular flexibility index (Phi) is 7.46. The number of aromatic amines is 1. The summed E-state index contributed by atoms with van der Waals surface area (Å²) in [5.74, 6) is -0.526. The number of esters is 1. The van der Waals surface area contributed by atoms with Crippen molar-refractivity contribution in [2.75, 3.05) is 20.0 Å². The number of carbonyl (C=O) groups excluding carboxylic acids is 1. The van der Waals surface area contributed by atoms with E-state index in [1.807, 2.05) is 4.98 Å². The third-order valence-electron chi connectivity index (χ3n) is 2.57. The van der Waals surface area contributed by atoms with Crippen LogP contribution in [0.2, 0.25) is 0 Å². The minimum absolute atomic E-state index is 0.237. The SMILES string of the molecule is CC(=O)OCOC[C@@H](O)[C@@H](CO)OCn1ccc(=O)[nH]c1=O. The Morgan fingerprint density at radius 1 is 1.45 bits per heavy atom. The second kappa shape index (κ2) is 9.10. The molecule has 0 saturated carbocycles. The zero-order valence-electron chi connectivity index (χ0n) is 11.9. The Morgan fingerprint density at radius 3 is 2.77 bits per heavy atom. The van der Waals surface area contributed by atoms with E-state index in [2.05, 4.69) is 4.74 Å². The highest BCUT2D eigenvalue weighted by atomic mass is 16.7. The van der Waals surface area contributed by atoms with Crippen LogP contribution in [0.25, 0.3) is 0 Å². The van der Waals surface area contributed by atoms with Crippen molar-refractivity contribution in [3.05, 3.63) is 33.1 Å². The molecule has 0 aliphatic rings. The van der Waals surface area contributed by atoms with Gasteiger partial charge in [0.25, 0.3) is 5.56 Å². The lowest BCUT2D eigenvalue weighted by atomic mass is 10.2. The molecular formula is C12H18N2O8. The van der Waals surface area contributed by atoms with Crippen LogP contribution >= 0.6 is 0 Å². The molecule has 1 aromatic rings. The van der Waals surface area contributed by atoms with Crippen LogP contribution in [0.4, 0.5) is 0 Å². The molecule has 0 aromatic carbocycles. The van der Waals surface area contributed by atoms with Crippen molar-refractivity contribution < 1.29 is 29.2 Å². The maximum atomic E-state index is 11.4. The van der Waals surface area contributed by atoms with E-state index in [0.29, 0.717) is 0 Å². The number of aliphatic hydroxyl groups is 2. The maximum Gasteiger partial charge on any atom is 0.330 e. The van der Waals surface area contributed by atoms with E-state index in [4.69, 9.17) is 14.6 Å². The van der Waals surface area contributed by atoms with Gasteiger partial charge in [0.05, 0.1) is 13.2 Å². The third kappa shape index (κ3) is 6.18. The highest BCUT2D eigenvalue weighted by molar-refractivity contribution is 5.65. The van der Waals surface area contributed by atoms with Crippen LogP contribution in [-0.4, -0.2) is 57.9 Å². The van der Waals surface area contributed by atoms with Gasteiger partial charge in [-0.3, -0.25) is 19.1 Å². The molecular weight excluding hydrogens is 300 g/mol. The summed E-state index contributed by atoms with van der Waals surface area (Å²) in [7, 11) is 0. The van der Waals surface area contributed by atoms with Gasteiger partial charge in [-0.25, -0.2) is 4.79 Å². The Morgan fingerprint density at radius 2 is 2.18 bits per heavy atom. The summed E-state index contributed by atoms with van der Waals surface area (Å²) < 4.78 is 15.6. The average Bonchev–Trinajstić information content (AvgIpc) is 2.46. The van der Waals surface area contributed by atoms with Crippen LogP contribution in [0, 0.1) is 0 Å². The van der Waals surface area contributed by atoms with Gasteiger partial charge >= 0.3 is 11.7 Å². The van der Waals surface area contributed by atoms with Gasteiger partial charge in [0.15, 0.2) is 6.79 Å².